The van der Waals surface area contributed by atoms with Gasteiger partial charge < -0.3 is 4.90 Å². The molecule has 0 heterocycles. The molecule has 14 heavy (non-hydrogen) atoms. The fourth-order valence-corrected chi connectivity index (χ4v) is 1.32. The number of hydrogen-bond acceptors (Lipinski definition) is 2. The molecular weight excluding hydrogens is 174 g/mol. The number of rotatable bonds is 5. The maximum atomic E-state index is 10.8. The highest BCUT2D eigenvalue weighted by Crippen LogP contribution is 2.02. The highest BCUT2D eigenvalue weighted by molar-refractivity contribution is 5.75. The number of benzene rings is 1. The Labute approximate surface area is 85.5 Å². The summed E-state index contributed by atoms with van der Waals surface area (Å²) in [6.45, 7) is 3.38. The number of hydrogen-bond donors (Lipinski definition) is 0. The fraction of sp³-hybridized carbons (Fsp3) is 0.417. The van der Waals surface area contributed by atoms with Gasteiger partial charge in [0.2, 0.25) is 0 Å². The smallest absolute Gasteiger partial charge is 0.131 e. The van der Waals surface area contributed by atoms with Gasteiger partial charge in [0.05, 0.1) is 0 Å². The van der Waals surface area contributed by atoms with Crippen molar-refractivity contribution in [3.8, 4) is 0 Å². The van der Waals surface area contributed by atoms with Crippen LogP contribution in [0, 0.1) is 0 Å². The van der Waals surface area contributed by atoms with Crippen LogP contribution in [-0.4, -0.2) is 24.3 Å². The summed E-state index contributed by atoms with van der Waals surface area (Å²) in [5, 5.41) is 0. The van der Waals surface area contributed by atoms with E-state index in [0.29, 0.717) is 6.42 Å². The highest BCUT2D eigenvalue weighted by atomic mass is 16.1. The second kappa shape index (κ2) is 5.55. The summed E-state index contributed by atoms with van der Waals surface area (Å²) < 4.78 is 0. The summed E-state index contributed by atoms with van der Waals surface area (Å²) in [6.07, 6.45) is 0.642. The van der Waals surface area contributed by atoms with Crippen LogP contribution in [0.2, 0.25) is 0 Å². The van der Waals surface area contributed by atoms with E-state index in [1.54, 1.807) is 6.92 Å². The maximum absolute atomic E-state index is 10.8. The van der Waals surface area contributed by atoms with E-state index in [-0.39, 0.29) is 5.78 Å². The summed E-state index contributed by atoms with van der Waals surface area (Å²) >= 11 is 0. The molecular formula is C12H17NO. The minimum atomic E-state index is 0.255. The third-order valence-corrected chi connectivity index (χ3v) is 2.14. The van der Waals surface area contributed by atoms with E-state index in [4.69, 9.17) is 0 Å². The first-order valence-electron chi connectivity index (χ1n) is 4.90. The molecule has 0 bridgehead atoms. The molecule has 0 atom stereocenters. The van der Waals surface area contributed by atoms with Crippen LogP contribution in [0.4, 0.5) is 0 Å². The molecule has 0 radical (unpaired) electrons. The Morgan fingerprint density at radius 1 is 1.29 bits per heavy atom. The summed E-state index contributed by atoms with van der Waals surface area (Å²) in [6, 6.07) is 10.3. The molecule has 0 aromatic heterocycles. The molecule has 0 saturated heterocycles. The molecule has 0 unspecified atom stereocenters. The molecule has 0 spiro atoms. The van der Waals surface area contributed by atoms with Crippen LogP contribution < -0.4 is 0 Å². The molecule has 2 nitrogen and oxygen atoms in total. The molecule has 0 saturated carbocycles. The van der Waals surface area contributed by atoms with Crippen molar-refractivity contribution in [3.05, 3.63) is 35.9 Å². The van der Waals surface area contributed by atoms with Crippen molar-refractivity contribution in [1.29, 1.82) is 0 Å². The lowest BCUT2D eigenvalue weighted by molar-refractivity contribution is -0.117. The normalized spacial score (nSPS) is 10.5. The Morgan fingerprint density at radius 2 is 1.93 bits per heavy atom. The second-order valence-corrected chi connectivity index (χ2v) is 3.68. The van der Waals surface area contributed by atoms with E-state index in [2.05, 4.69) is 17.0 Å². The lowest BCUT2D eigenvalue weighted by Crippen LogP contribution is -2.20. The first-order valence-corrected chi connectivity index (χ1v) is 4.90. The summed E-state index contributed by atoms with van der Waals surface area (Å²) in [5.74, 6) is 0.255. The minimum absolute atomic E-state index is 0.255. The van der Waals surface area contributed by atoms with Gasteiger partial charge in [-0.1, -0.05) is 30.3 Å². The average molecular weight is 191 g/mol. The fourth-order valence-electron chi connectivity index (χ4n) is 1.32. The third-order valence-electron chi connectivity index (χ3n) is 2.14. The monoisotopic (exact) mass is 191 g/mol. The van der Waals surface area contributed by atoms with Crippen molar-refractivity contribution in [3.63, 3.8) is 0 Å². The number of ketones is 1. The average Bonchev–Trinajstić information content (AvgIpc) is 2.16. The molecule has 0 aliphatic carbocycles. The third kappa shape index (κ3) is 4.19. The van der Waals surface area contributed by atoms with E-state index >= 15 is 0 Å². The molecule has 0 amide bonds. The Morgan fingerprint density at radius 3 is 2.50 bits per heavy atom. The van der Waals surface area contributed by atoms with Gasteiger partial charge in [-0.25, -0.2) is 0 Å². The van der Waals surface area contributed by atoms with Gasteiger partial charge in [-0.2, -0.15) is 0 Å². The van der Waals surface area contributed by atoms with Crippen LogP contribution in [-0.2, 0) is 11.3 Å². The molecule has 0 N–H and O–H groups in total. The minimum Gasteiger partial charge on any atom is -0.302 e. The lowest BCUT2D eigenvalue weighted by atomic mass is 10.2. The Balaban J connectivity index is 2.34. The van der Waals surface area contributed by atoms with Crippen LogP contribution in [0.1, 0.15) is 18.9 Å². The van der Waals surface area contributed by atoms with Gasteiger partial charge in [0.1, 0.15) is 5.78 Å². The van der Waals surface area contributed by atoms with Crippen LogP contribution in [0.25, 0.3) is 0 Å². The Kier molecular flexibility index (Phi) is 4.33. The van der Waals surface area contributed by atoms with E-state index in [1.165, 1.54) is 5.56 Å². The second-order valence-electron chi connectivity index (χ2n) is 3.68. The quantitative estimate of drug-likeness (QED) is 0.710. The van der Waals surface area contributed by atoms with E-state index in [9.17, 15) is 4.79 Å². The predicted octanol–water partition coefficient (Wildman–Crippen LogP) is 2.10. The molecule has 0 fully saturated rings. The van der Waals surface area contributed by atoms with Crippen molar-refractivity contribution in [2.75, 3.05) is 13.6 Å². The molecule has 76 valence electrons. The molecule has 1 aromatic carbocycles. The van der Waals surface area contributed by atoms with Crippen molar-refractivity contribution < 1.29 is 4.79 Å². The molecule has 1 aromatic rings. The van der Waals surface area contributed by atoms with Crippen LogP contribution in [0.15, 0.2) is 30.3 Å². The summed E-state index contributed by atoms with van der Waals surface area (Å²) in [5.41, 5.74) is 1.29. The van der Waals surface area contributed by atoms with Crippen molar-refractivity contribution in [1.82, 2.24) is 4.90 Å². The first-order chi connectivity index (χ1) is 6.68. The largest absolute Gasteiger partial charge is 0.302 e. The summed E-state index contributed by atoms with van der Waals surface area (Å²) in [4.78, 5) is 12.9. The van der Waals surface area contributed by atoms with Gasteiger partial charge in [0.15, 0.2) is 0 Å². The first kappa shape index (κ1) is 10.9. The molecule has 2 heteroatoms. The van der Waals surface area contributed by atoms with Gasteiger partial charge in [0, 0.05) is 19.5 Å². The number of Topliss-reactive ketones (excluding diaryl/α,β-unsaturated/α-hetero) is 1. The number of carbonyl (C=O) groups excluding carboxylic acids is 1. The van der Waals surface area contributed by atoms with Crippen LogP contribution >= 0.6 is 0 Å². The zero-order valence-electron chi connectivity index (χ0n) is 8.86. The van der Waals surface area contributed by atoms with Crippen molar-refractivity contribution in [2.24, 2.45) is 0 Å². The number of nitrogens with zero attached hydrogens (tertiary/aromatic N) is 1. The standard InChI is InChI=1S/C12H17NO/c1-11(14)8-9-13(2)10-12-6-4-3-5-7-12/h3-7H,8-10H2,1-2H3. The van der Waals surface area contributed by atoms with Gasteiger partial charge in [-0.3, -0.25) is 4.79 Å². The zero-order valence-corrected chi connectivity index (χ0v) is 8.86. The maximum Gasteiger partial charge on any atom is 0.131 e. The highest BCUT2D eigenvalue weighted by Gasteiger charge is 2.00. The van der Waals surface area contributed by atoms with E-state index in [1.807, 2.05) is 25.2 Å². The van der Waals surface area contributed by atoms with Crippen molar-refractivity contribution in [2.45, 2.75) is 19.9 Å². The van der Waals surface area contributed by atoms with E-state index < -0.39 is 0 Å². The van der Waals surface area contributed by atoms with Gasteiger partial charge >= 0.3 is 0 Å². The Hall–Kier alpha value is -1.15. The molecule has 0 aliphatic rings. The zero-order chi connectivity index (χ0) is 10.4. The molecule has 0 aliphatic heterocycles. The van der Waals surface area contributed by atoms with Crippen LogP contribution in [0.5, 0.6) is 0 Å². The van der Waals surface area contributed by atoms with Gasteiger partial charge in [-0.05, 0) is 19.5 Å². The summed E-state index contributed by atoms with van der Waals surface area (Å²) in [7, 11) is 2.04. The lowest BCUT2D eigenvalue weighted by Gasteiger charge is -2.15. The van der Waals surface area contributed by atoms with E-state index in [0.717, 1.165) is 13.1 Å². The van der Waals surface area contributed by atoms with Gasteiger partial charge in [0.25, 0.3) is 0 Å². The number of carbonyl (C=O) groups is 1. The van der Waals surface area contributed by atoms with Crippen molar-refractivity contribution >= 4 is 5.78 Å². The Bertz CT molecular complexity index is 282. The SMILES string of the molecule is CC(=O)CCN(C)Cc1ccccc1. The predicted molar refractivity (Wildman–Crippen MR) is 58.1 cm³/mol. The van der Waals surface area contributed by atoms with Gasteiger partial charge in [-0.15, -0.1) is 0 Å². The molecule has 1 rings (SSSR count). The topological polar surface area (TPSA) is 20.3 Å². The van der Waals surface area contributed by atoms with Crippen LogP contribution in [0.3, 0.4) is 0 Å².